The maximum atomic E-state index is 14.5. The number of nitrogens with two attached hydrogens (primary N) is 1. The second kappa shape index (κ2) is 5.36. The van der Waals surface area contributed by atoms with Crippen molar-refractivity contribution in [2.75, 3.05) is 0 Å². The van der Waals surface area contributed by atoms with Crippen molar-refractivity contribution in [1.82, 2.24) is 0 Å². The van der Waals surface area contributed by atoms with Crippen molar-refractivity contribution in [2.45, 2.75) is 44.3 Å². The second-order valence-corrected chi connectivity index (χ2v) is 5.69. The summed E-state index contributed by atoms with van der Waals surface area (Å²) in [4.78, 5) is 0. The van der Waals surface area contributed by atoms with E-state index in [1.54, 1.807) is 0 Å². The number of hydrogen-bond donors (Lipinski definition) is 2. The summed E-state index contributed by atoms with van der Waals surface area (Å²) in [6.45, 7) is 2.41. The summed E-state index contributed by atoms with van der Waals surface area (Å²) in [6, 6.07) is 2.89. The first kappa shape index (κ1) is 15.9. The molecule has 0 unspecified atom stereocenters. The van der Waals surface area contributed by atoms with Crippen LogP contribution in [0.15, 0.2) is 18.2 Å². The van der Waals surface area contributed by atoms with Crippen LogP contribution >= 0.6 is 0 Å². The van der Waals surface area contributed by atoms with Crippen LogP contribution in [0.5, 0.6) is 0 Å². The minimum atomic E-state index is -3.83. The highest BCUT2D eigenvalue weighted by molar-refractivity contribution is 5.35. The fourth-order valence-electron chi connectivity index (χ4n) is 1.95. The lowest BCUT2D eigenvalue weighted by Gasteiger charge is -2.29. The summed E-state index contributed by atoms with van der Waals surface area (Å²) in [5.74, 6) is -0.0630. The third-order valence-electron chi connectivity index (χ3n) is 3.57. The molecule has 2 nitrogen and oxygen atoms in total. The maximum Gasteiger partial charge on any atom is 0.314 e. The molecule has 1 aliphatic rings. The van der Waals surface area contributed by atoms with Crippen molar-refractivity contribution in [2.24, 2.45) is 11.7 Å². The van der Waals surface area contributed by atoms with Gasteiger partial charge in [-0.05, 0) is 32.8 Å². The summed E-state index contributed by atoms with van der Waals surface area (Å²) in [7, 11) is 0. The molecule has 1 aromatic carbocycles. The Morgan fingerprint density at radius 1 is 1.38 bits per heavy atom. The van der Waals surface area contributed by atoms with E-state index in [2.05, 4.69) is 11.8 Å². The molecule has 0 amide bonds. The summed E-state index contributed by atoms with van der Waals surface area (Å²) in [5, 5.41) is 10.0. The predicted molar refractivity (Wildman–Crippen MR) is 74.0 cm³/mol. The Bertz CT molecular complexity index is 595. The highest BCUT2D eigenvalue weighted by Crippen LogP contribution is 2.41. The topological polar surface area (TPSA) is 46.2 Å². The van der Waals surface area contributed by atoms with E-state index in [1.807, 2.05) is 0 Å². The molecule has 0 aliphatic heterocycles. The molecule has 0 spiro atoms. The second-order valence-electron chi connectivity index (χ2n) is 5.69. The highest BCUT2D eigenvalue weighted by atomic mass is 19.3. The summed E-state index contributed by atoms with van der Waals surface area (Å²) in [5.41, 5.74) is 2.04. The Kier molecular flexibility index (Phi) is 4.05. The molecule has 1 aromatic rings. The normalized spacial score (nSPS) is 19.4. The molecule has 0 radical (unpaired) electrons. The lowest BCUT2D eigenvalue weighted by atomic mass is 9.89. The highest BCUT2D eigenvalue weighted by Gasteiger charge is 2.51. The lowest BCUT2D eigenvalue weighted by Crippen LogP contribution is -2.42. The van der Waals surface area contributed by atoms with Crippen molar-refractivity contribution in [3.8, 4) is 11.8 Å². The molecule has 2 atom stereocenters. The Labute approximate surface area is 122 Å². The number of halogens is 3. The van der Waals surface area contributed by atoms with Gasteiger partial charge in [-0.2, -0.15) is 8.78 Å². The van der Waals surface area contributed by atoms with E-state index < -0.39 is 28.9 Å². The van der Waals surface area contributed by atoms with Gasteiger partial charge in [0.05, 0.1) is 5.56 Å². The lowest BCUT2D eigenvalue weighted by molar-refractivity contribution is -0.148. The zero-order valence-electron chi connectivity index (χ0n) is 12.0. The Balaban J connectivity index is 2.43. The number of hydrogen-bond acceptors (Lipinski definition) is 2. The average molecular weight is 297 g/mol. The van der Waals surface area contributed by atoms with Gasteiger partial charge in [-0.1, -0.05) is 24.0 Å². The van der Waals surface area contributed by atoms with E-state index in [0.29, 0.717) is 0 Å². The molecule has 1 fully saturated rings. The standard InChI is InChI=1S/C16H18F3NO/c1-10(20)12-4-3-5-13(14(12)17)16(18,19)15(2,21)9-8-11-6-7-11/h3-5,10-11,21H,6-7,20H2,1-2H3/t10-,15-/m1/s1. The van der Waals surface area contributed by atoms with Gasteiger partial charge in [0, 0.05) is 17.5 Å². The third kappa shape index (κ3) is 3.07. The predicted octanol–water partition coefficient (Wildman–Crippen LogP) is 3.10. The molecule has 0 bridgehead atoms. The van der Waals surface area contributed by atoms with E-state index in [1.165, 1.54) is 19.1 Å². The van der Waals surface area contributed by atoms with Gasteiger partial charge >= 0.3 is 5.92 Å². The Morgan fingerprint density at radius 3 is 2.52 bits per heavy atom. The van der Waals surface area contributed by atoms with Crippen LogP contribution in [0.4, 0.5) is 13.2 Å². The minimum absolute atomic E-state index is 0.0156. The van der Waals surface area contributed by atoms with Gasteiger partial charge in [0.1, 0.15) is 5.82 Å². The number of aliphatic hydroxyl groups is 1. The quantitative estimate of drug-likeness (QED) is 0.842. The molecule has 114 valence electrons. The van der Waals surface area contributed by atoms with E-state index in [-0.39, 0.29) is 11.5 Å². The van der Waals surface area contributed by atoms with Crippen molar-refractivity contribution < 1.29 is 18.3 Å². The minimum Gasteiger partial charge on any atom is -0.372 e. The molecule has 5 heteroatoms. The third-order valence-corrected chi connectivity index (χ3v) is 3.57. The maximum absolute atomic E-state index is 14.5. The Morgan fingerprint density at radius 2 is 2.00 bits per heavy atom. The molecule has 3 N–H and O–H groups in total. The van der Waals surface area contributed by atoms with E-state index in [4.69, 9.17) is 5.73 Å². The largest absolute Gasteiger partial charge is 0.372 e. The van der Waals surface area contributed by atoms with Gasteiger partial charge in [-0.3, -0.25) is 0 Å². The molecule has 1 aliphatic carbocycles. The Hall–Kier alpha value is -1.51. The fourth-order valence-corrected chi connectivity index (χ4v) is 1.95. The van der Waals surface area contributed by atoms with E-state index in [9.17, 15) is 18.3 Å². The molecule has 21 heavy (non-hydrogen) atoms. The first-order chi connectivity index (χ1) is 9.67. The van der Waals surface area contributed by atoms with Gasteiger partial charge in [0.25, 0.3) is 0 Å². The molecular formula is C16H18F3NO. The first-order valence-corrected chi connectivity index (χ1v) is 6.84. The molecule has 0 saturated heterocycles. The summed E-state index contributed by atoms with van der Waals surface area (Å²) >= 11 is 0. The van der Waals surface area contributed by atoms with Gasteiger partial charge in [0.2, 0.25) is 0 Å². The molecular weight excluding hydrogens is 279 g/mol. The smallest absolute Gasteiger partial charge is 0.314 e. The fraction of sp³-hybridized carbons (Fsp3) is 0.500. The van der Waals surface area contributed by atoms with Crippen LogP contribution in [-0.4, -0.2) is 10.7 Å². The van der Waals surface area contributed by atoms with Crippen molar-refractivity contribution in [3.05, 3.63) is 35.1 Å². The van der Waals surface area contributed by atoms with Crippen LogP contribution in [0.1, 0.15) is 43.9 Å². The average Bonchev–Trinajstić information content (AvgIpc) is 3.20. The van der Waals surface area contributed by atoms with Gasteiger partial charge in [-0.15, -0.1) is 0 Å². The van der Waals surface area contributed by atoms with Crippen LogP contribution in [-0.2, 0) is 5.92 Å². The summed E-state index contributed by atoms with van der Waals surface area (Å²) < 4.78 is 43.2. The van der Waals surface area contributed by atoms with E-state index >= 15 is 0 Å². The molecule has 2 rings (SSSR count). The van der Waals surface area contributed by atoms with Gasteiger partial charge in [-0.25, -0.2) is 4.39 Å². The number of alkyl halides is 2. The van der Waals surface area contributed by atoms with Crippen LogP contribution in [0.2, 0.25) is 0 Å². The van der Waals surface area contributed by atoms with E-state index in [0.717, 1.165) is 25.8 Å². The van der Waals surface area contributed by atoms with Crippen LogP contribution in [0.3, 0.4) is 0 Å². The van der Waals surface area contributed by atoms with Gasteiger partial charge < -0.3 is 10.8 Å². The van der Waals surface area contributed by atoms with Crippen molar-refractivity contribution in [3.63, 3.8) is 0 Å². The van der Waals surface area contributed by atoms with Crippen LogP contribution in [0, 0.1) is 23.6 Å². The SMILES string of the molecule is C[C@@H](N)c1cccc(C(F)(F)[C@](C)(O)C#CC2CC2)c1F. The van der Waals surface area contributed by atoms with Gasteiger partial charge in [0.15, 0.2) is 5.60 Å². The van der Waals surface area contributed by atoms with Crippen LogP contribution < -0.4 is 5.73 Å². The van der Waals surface area contributed by atoms with Crippen LogP contribution in [0.25, 0.3) is 0 Å². The number of benzene rings is 1. The zero-order chi connectivity index (χ0) is 15.8. The zero-order valence-corrected chi connectivity index (χ0v) is 12.0. The van der Waals surface area contributed by atoms with Crippen molar-refractivity contribution in [1.29, 1.82) is 0 Å². The number of rotatable bonds is 3. The first-order valence-electron chi connectivity index (χ1n) is 6.84. The molecule has 1 saturated carbocycles. The summed E-state index contributed by atoms with van der Waals surface area (Å²) in [6.07, 6.45) is 1.70. The monoisotopic (exact) mass is 297 g/mol. The molecule has 0 heterocycles. The van der Waals surface area contributed by atoms with Crippen molar-refractivity contribution >= 4 is 0 Å². The molecule has 0 aromatic heterocycles.